The highest BCUT2D eigenvalue weighted by Gasteiger charge is 2.50. The number of hydrazine groups is 1. The molecule has 0 aromatic heterocycles. The van der Waals surface area contributed by atoms with Gasteiger partial charge in [-0.15, -0.1) is 0 Å². The van der Waals surface area contributed by atoms with Crippen molar-refractivity contribution < 1.29 is 19.5 Å². The molecule has 2 aliphatic heterocycles. The highest BCUT2D eigenvalue weighted by atomic mass is 16.3. The fourth-order valence-electron chi connectivity index (χ4n) is 5.77. The van der Waals surface area contributed by atoms with Crippen molar-refractivity contribution in [2.24, 2.45) is 0 Å². The van der Waals surface area contributed by atoms with Crippen molar-refractivity contribution in [3.05, 3.63) is 120 Å². The lowest BCUT2D eigenvalue weighted by atomic mass is 10.0. The minimum absolute atomic E-state index is 0.0449. The number of rotatable bonds is 6. The molecule has 2 saturated heterocycles. The predicted octanol–water partition coefficient (Wildman–Crippen LogP) is 4.20. The van der Waals surface area contributed by atoms with Gasteiger partial charge in [0.25, 0.3) is 0 Å². The predicted molar refractivity (Wildman–Crippen MR) is 164 cm³/mol. The van der Waals surface area contributed by atoms with Gasteiger partial charge in [-0.3, -0.25) is 9.59 Å². The normalized spacial score (nSPS) is 19.2. The van der Waals surface area contributed by atoms with E-state index in [1.165, 1.54) is 4.90 Å². The van der Waals surface area contributed by atoms with Crippen molar-refractivity contribution in [1.29, 1.82) is 0 Å². The largest absolute Gasteiger partial charge is 0.508 e. The summed E-state index contributed by atoms with van der Waals surface area (Å²) in [6.07, 6.45) is 2.76. The van der Waals surface area contributed by atoms with Crippen LogP contribution in [0.1, 0.15) is 16.7 Å². The Morgan fingerprint density at radius 3 is 2.40 bits per heavy atom. The Bertz CT molecular complexity index is 1670. The number of phenolic OH excluding ortho intramolecular Hbond substituents is 1. The zero-order valence-electron chi connectivity index (χ0n) is 23.8. The van der Waals surface area contributed by atoms with Crippen LogP contribution in [0.3, 0.4) is 0 Å². The maximum Gasteiger partial charge on any atom is 0.334 e. The molecule has 2 aliphatic rings. The van der Waals surface area contributed by atoms with Crippen LogP contribution in [0, 0.1) is 0 Å². The van der Waals surface area contributed by atoms with E-state index in [4.69, 9.17) is 0 Å². The van der Waals surface area contributed by atoms with Crippen molar-refractivity contribution in [3.63, 3.8) is 0 Å². The van der Waals surface area contributed by atoms with Crippen LogP contribution in [-0.2, 0) is 22.7 Å². The Morgan fingerprint density at radius 2 is 1.63 bits per heavy atom. The van der Waals surface area contributed by atoms with Crippen LogP contribution in [0.2, 0.25) is 0 Å². The summed E-state index contributed by atoms with van der Waals surface area (Å²) in [5, 5.41) is 18.0. The minimum Gasteiger partial charge on any atom is -0.508 e. The van der Waals surface area contributed by atoms with Crippen LogP contribution in [0.25, 0.3) is 16.8 Å². The fraction of sp³-hybridized carbons (Fsp3) is 0.206. The number of carbonyl (C=O) groups is 3. The summed E-state index contributed by atoms with van der Waals surface area (Å²) in [7, 11) is 1.71. The van der Waals surface area contributed by atoms with Gasteiger partial charge < -0.3 is 20.2 Å². The van der Waals surface area contributed by atoms with Gasteiger partial charge in [-0.1, -0.05) is 91.0 Å². The summed E-state index contributed by atoms with van der Waals surface area (Å²) in [5.74, 6) is -0.320. The van der Waals surface area contributed by atoms with E-state index in [2.05, 4.69) is 11.4 Å². The summed E-state index contributed by atoms with van der Waals surface area (Å²) < 4.78 is 0. The SMILES string of the molecule is CN1CC(=O)N2C(/C=C/c3ccc(O)cc3)C(=O)N(Cc3ccc4ccccc4c3)C[C@@H]2N1C(=O)NCc1ccccc1. The topological polar surface area (TPSA) is 96.4 Å². The van der Waals surface area contributed by atoms with Gasteiger partial charge >= 0.3 is 6.03 Å². The van der Waals surface area contributed by atoms with Crippen molar-refractivity contribution in [1.82, 2.24) is 25.1 Å². The molecule has 1 unspecified atom stereocenters. The molecule has 0 spiro atoms. The number of nitrogens with zero attached hydrogens (tertiary/aromatic N) is 4. The second-order valence-electron chi connectivity index (χ2n) is 10.9. The lowest BCUT2D eigenvalue weighted by Gasteiger charge is -2.54. The summed E-state index contributed by atoms with van der Waals surface area (Å²) in [5.41, 5.74) is 2.68. The molecular formula is C34H33N5O4. The van der Waals surface area contributed by atoms with Gasteiger partial charge in [-0.2, -0.15) is 0 Å². The molecule has 0 aliphatic carbocycles. The monoisotopic (exact) mass is 575 g/mol. The Morgan fingerprint density at radius 1 is 0.907 bits per heavy atom. The molecule has 2 atom stereocenters. The molecule has 9 heteroatoms. The van der Waals surface area contributed by atoms with E-state index in [-0.39, 0.29) is 36.7 Å². The van der Waals surface area contributed by atoms with Crippen molar-refractivity contribution >= 4 is 34.7 Å². The third-order valence-corrected chi connectivity index (χ3v) is 7.92. The number of hydrogen-bond donors (Lipinski definition) is 2. The highest BCUT2D eigenvalue weighted by Crippen LogP contribution is 2.29. The molecule has 2 N–H and O–H groups in total. The van der Waals surface area contributed by atoms with Gasteiger partial charge in [-0.25, -0.2) is 14.8 Å². The van der Waals surface area contributed by atoms with Crippen LogP contribution in [0.4, 0.5) is 4.79 Å². The van der Waals surface area contributed by atoms with Gasteiger partial charge in [0.15, 0.2) is 0 Å². The van der Waals surface area contributed by atoms with Crippen LogP contribution in [-0.4, -0.2) is 75.1 Å². The summed E-state index contributed by atoms with van der Waals surface area (Å²) in [6, 6.07) is 29.1. The van der Waals surface area contributed by atoms with Gasteiger partial charge in [0.2, 0.25) is 11.8 Å². The van der Waals surface area contributed by atoms with E-state index < -0.39 is 12.2 Å². The fourth-order valence-corrected chi connectivity index (χ4v) is 5.77. The van der Waals surface area contributed by atoms with Crippen molar-refractivity contribution in [2.45, 2.75) is 25.3 Å². The molecule has 0 radical (unpaired) electrons. The number of fused-ring (bicyclic) bond motifs is 2. The zero-order valence-corrected chi connectivity index (χ0v) is 23.8. The molecule has 0 saturated carbocycles. The van der Waals surface area contributed by atoms with Gasteiger partial charge in [0, 0.05) is 20.1 Å². The zero-order chi connectivity index (χ0) is 29.9. The van der Waals surface area contributed by atoms with Crippen LogP contribution in [0.15, 0.2) is 103 Å². The average Bonchev–Trinajstić information content (AvgIpc) is 3.01. The first kappa shape index (κ1) is 28.0. The number of aromatic hydroxyl groups is 1. The second-order valence-corrected chi connectivity index (χ2v) is 10.9. The Balaban J connectivity index is 1.32. The number of hydrogen-bond acceptors (Lipinski definition) is 5. The molecule has 43 heavy (non-hydrogen) atoms. The minimum atomic E-state index is -0.918. The third-order valence-electron chi connectivity index (χ3n) is 7.92. The summed E-state index contributed by atoms with van der Waals surface area (Å²) in [4.78, 5) is 44.4. The van der Waals surface area contributed by atoms with E-state index in [0.717, 1.165) is 27.5 Å². The molecule has 2 heterocycles. The molecule has 4 amide bonds. The van der Waals surface area contributed by atoms with Gasteiger partial charge in [0.1, 0.15) is 18.0 Å². The van der Waals surface area contributed by atoms with Gasteiger partial charge in [-0.05, 0) is 45.7 Å². The summed E-state index contributed by atoms with van der Waals surface area (Å²) >= 11 is 0. The Labute approximate surface area is 250 Å². The molecular weight excluding hydrogens is 542 g/mol. The van der Waals surface area contributed by atoms with E-state index in [1.54, 1.807) is 58.4 Å². The quantitative estimate of drug-likeness (QED) is 0.360. The van der Waals surface area contributed by atoms with Crippen molar-refractivity contribution in [3.8, 4) is 5.75 Å². The van der Waals surface area contributed by atoms with Crippen molar-refractivity contribution in [2.75, 3.05) is 20.1 Å². The number of carbonyl (C=O) groups excluding carboxylic acids is 3. The first-order valence-electron chi connectivity index (χ1n) is 14.2. The van der Waals surface area contributed by atoms with E-state index in [1.807, 2.05) is 66.7 Å². The smallest absolute Gasteiger partial charge is 0.334 e. The maximum absolute atomic E-state index is 14.0. The summed E-state index contributed by atoms with van der Waals surface area (Å²) in [6.45, 7) is 0.768. The van der Waals surface area contributed by atoms with Crippen LogP contribution in [0.5, 0.6) is 5.75 Å². The molecule has 218 valence electrons. The molecule has 6 rings (SSSR count). The van der Waals surface area contributed by atoms with E-state index in [9.17, 15) is 19.5 Å². The maximum atomic E-state index is 14.0. The lowest BCUT2D eigenvalue weighted by Crippen LogP contribution is -2.75. The van der Waals surface area contributed by atoms with Gasteiger partial charge in [0.05, 0.1) is 13.1 Å². The molecule has 0 bridgehead atoms. The number of benzene rings is 4. The number of likely N-dealkylation sites (N-methyl/N-ethyl adjacent to an activating group) is 1. The standard InChI is InChI=1S/C34H33N5O4/c1-36-23-32(41)38-30(18-14-24-12-16-29(40)17-13-24)33(42)37(21-26-11-15-27-9-5-6-10-28(27)19-26)22-31(38)39(36)34(43)35-20-25-7-3-2-4-8-25/h2-19,30-31,40H,20-23H2,1H3,(H,35,43)/b18-14+/t30?,31-/m0/s1. The third kappa shape index (κ3) is 5.93. The average molecular weight is 576 g/mol. The van der Waals surface area contributed by atoms with E-state index in [0.29, 0.717) is 13.1 Å². The number of amides is 4. The molecule has 9 nitrogen and oxygen atoms in total. The highest BCUT2D eigenvalue weighted by molar-refractivity contribution is 5.93. The first-order valence-corrected chi connectivity index (χ1v) is 14.2. The number of phenols is 1. The van der Waals surface area contributed by atoms with Crippen LogP contribution < -0.4 is 5.32 Å². The molecule has 2 fully saturated rings. The Hall–Kier alpha value is -5.15. The van der Waals surface area contributed by atoms with Crippen LogP contribution >= 0.6 is 0 Å². The molecule has 4 aromatic carbocycles. The number of urea groups is 1. The Kier molecular flexibility index (Phi) is 7.81. The second kappa shape index (κ2) is 12.0. The number of piperazine rings is 1. The molecule has 4 aromatic rings. The first-order chi connectivity index (χ1) is 20.9. The number of nitrogens with one attached hydrogen (secondary N) is 1. The lowest BCUT2D eigenvalue weighted by molar-refractivity contribution is -0.184. The van der Waals surface area contributed by atoms with E-state index >= 15 is 0 Å².